The lowest BCUT2D eigenvalue weighted by atomic mass is 10.1. The molecule has 0 aliphatic carbocycles. The smallest absolute Gasteiger partial charge is 0.0743 e. The lowest BCUT2D eigenvalue weighted by molar-refractivity contribution is 0.117. The van der Waals surface area contributed by atoms with E-state index in [9.17, 15) is 5.11 Å². The summed E-state index contributed by atoms with van der Waals surface area (Å²) in [7, 11) is 1.99. The standard InChI is InChI=1S/C9H20N2OS/c1-4-8(5-9(10)13)11(3)6-7(2)12/h7-8,12H,4-6H2,1-3H3,(H2,10,13). The van der Waals surface area contributed by atoms with Crippen molar-refractivity contribution in [3.8, 4) is 0 Å². The monoisotopic (exact) mass is 204 g/mol. The molecule has 0 aromatic rings. The van der Waals surface area contributed by atoms with E-state index >= 15 is 0 Å². The zero-order valence-corrected chi connectivity index (χ0v) is 9.47. The number of likely N-dealkylation sites (N-methyl/N-ethyl adjacent to an activating group) is 1. The van der Waals surface area contributed by atoms with Crippen molar-refractivity contribution in [2.24, 2.45) is 5.73 Å². The van der Waals surface area contributed by atoms with E-state index in [2.05, 4.69) is 11.8 Å². The van der Waals surface area contributed by atoms with Crippen LogP contribution in [0.15, 0.2) is 0 Å². The molecule has 0 fully saturated rings. The Hall–Kier alpha value is -0.190. The fourth-order valence-corrected chi connectivity index (χ4v) is 1.60. The zero-order chi connectivity index (χ0) is 10.4. The van der Waals surface area contributed by atoms with Crippen LogP contribution in [0, 0.1) is 0 Å². The van der Waals surface area contributed by atoms with Crippen LogP contribution in [-0.2, 0) is 0 Å². The Morgan fingerprint density at radius 1 is 1.62 bits per heavy atom. The molecule has 0 spiro atoms. The maximum absolute atomic E-state index is 9.20. The van der Waals surface area contributed by atoms with Crippen molar-refractivity contribution in [2.75, 3.05) is 13.6 Å². The number of aliphatic hydroxyl groups is 1. The minimum absolute atomic E-state index is 0.301. The second-order valence-corrected chi connectivity index (χ2v) is 4.05. The van der Waals surface area contributed by atoms with E-state index in [0.29, 0.717) is 17.6 Å². The molecule has 0 heterocycles. The van der Waals surface area contributed by atoms with Crippen molar-refractivity contribution in [2.45, 2.75) is 38.8 Å². The summed E-state index contributed by atoms with van der Waals surface area (Å²) in [6, 6.07) is 0.354. The van der Waals surface area contributed by atoms with Crippen LogP contribution >= 0.6 is 12.2 Å². The summed E-state index contributed by atoms with van der Waals surface area (Å²) in [5.41, 5.74) is 5.48. The van der Waals surface area contributed by atoms with Gasteiger partial charge in [0, 0.05) is 19.0 Å². The fourth-order valence-electron chi connectivity index (χ4n) is 1.41. The highest BCUT2D eigenvalue weighted by atomic mass is 32.1. The van der Waals surface area contributed by atoms with Gasteiger partial charge in [0.1, 0.15) is 0 Å². The minimum atomic E-state index is -0.301. The molecule has 4 heteroatoms. The molecule has 3 N–H and O–H groups in total. The number of nitrogens with two attached hydrogens (primary N) is 1. The molecule has 13 heavy (non-hydrogen) atoms. The van der Waals surface area contributed by atoms with Crippen LogP contribution in [0.2, 0.25) is 0 Å². The summed E-state index contributed by atoms with van der Waals surface area (Å²) in [5.74, 6) is 0. The molecule has 0 bridgehead atoms. The topological polar surface area (TPSA) is 49.5 Å². The SMILES string of the molecule is CCC(CC(N)=S)N(C)CC(C)O. The molecule has 0 aliphatic rings. The van der Waals surface area contributed by atoms with Gasteiger partial charge in [-0.25, -0.2) is 0 Å². The Morgan fingerprint density at radius 2 is 2.15 bits per heavy atom. The number of hydrogen-bond acceptors (Lipinski definition) is 3. The van der Waals surface area contributed by atoms with Gasteiger partial charge >= 0.3 is 0 Å². The van der Waals surface area contributed by atoms with E-state index in [1.54, 1.807) is 6.92 Å². The normalized spacial score (nSPS) is 15.8. The van der Waals surface area contributed by atoms with Crippen molar-refractivity contribution in [1.29, 1.82) is 0 Å². The number of nitrogens with zero attached hydrogens (tertiary/aromatic N) is 1. The van der Waals surface area contributed by atoms with Gasteiger partial charge in [0.25, 0.3) is 0 Å². The quantitative estimate of drug-likeness (QED) is 0.627. The number of aliphatic hydroxyl groups excluding tert-OH is 1. The van der Waals surface area contributed by atoms with E-state index in [4.69, 9.17) is 18.0 Å². The van der Waals surface area contributed by atoms with Crippen LogP contribution in [-0.4, -0.2) is 40.7 Å². The number of hydrogen-bond donors (Lipinski definition) is 2. The van der Waals surface area contributed by atoms with Crippen LogP contribution in [0.25, 0.3) is 0 Å². The van der Waals surface area contributed by atoms with Crippen LogP contribution in [0.3, 0.4) is 0 Å². The van der Waals surface area contributed by atoms with Crippen molar-refractivity contribution in [3.05, 3.63) is 0 Å². The third-order valence-corrected chi connectivity index (χ3v) is 2.25. The highest BCUT2D eigenvalue weighted by molar-refractivity contribution is 7.80. The highest BCUT2D eigenvalue weighted by Crippen LogP contribution is 2.07. The Labute approximate surface area is 85.9 Å². The largest absolute Gasteiger partial charge is 0.393 e. The summed E-state index contributed by atoms with van der Waals surface area (Å²) in [6.45, 7) is 4.55. The molecule has 2 atom stereocenters. The van der Waals surface area contributed by atoms with Gasteiger partial charge in [-0.2, -0.15) is 0 Å². The van der Waals surface area contributed by atoms with Gasteiger partial charge in [-0.3, -0.25) is 0 Å². The third kappa shape index (κ3) is 5.96. The molecule has 0 aliphatic heterocycles. The molecular weight excluding hydrogens is 184 g/mol. The molecule has 3 nitrogen and oxygen atoms in total. The van der Waals surface area contributed by atoms with Crippen molar-refractivity contribution in [1.82, 2.24) is 4.90 Å². The molecule has 0 saturated heterocycles. The Kier molecular flexibility index (Phi) is 6.20. The lowest BCUT2D eigenvalue weighted by Gasteiger charge is -2.27. The van der Waals surface area contributed by atoms with Gasteiger partial charge in [0.05, 0.1) is 11.1 Å². The molecular formula is C9H20N2OS. The summed E-state index contributed by atoms with van der Waals surface area (Å²) in [6.07, 6.45) is 1.43. The predicted molar refractivity (Wildman–Crippen MR) is 59.8 cm³/mol. The molecule has 0 aromatic heterocycles. The van der Waals surface area contributed by atoms with Crippen LogP contribution in [0.5, 0.6) is 0 Å². The van der Waals surface area contributed by atoms with Gasteiger partial charge in [-0.1, -0.05) is 19.1 Å². The summed E-state index contributed by atoms with van der Waals surface area (Å²) in [5, 5.41) is 9.20. The van der Waals surface area contributed by atoms with Crippen LogP contribution < -0.4 is 5.73 Å². The van der Waals surface area contributed by atoms with Crippen molar-refractivity contribution >= 4 is 17.2 Å². The van der Waals surface area contributed by atoms with Gasteiger partial charge in [-0.15, -0.1) is 0 Å². The summed E-state index contributed by atoms with van der Waals surface area (Å²) >= 11 is 4.86. The molecule has 2 unspecified atom stereocenters. The van der Waals surface area contributed by atoms with Crippen LogP contribution in [0.1, 0.15) is 26.7 Å². The van der Waals surface area contributed by atoms with Gasteiger partial charge in [-0.05, 0) is 20.4 Å². The first-order valence-corrected chi connectivity index (χ1v) is 5.04. The van der Waals surface area contributed by atoms with Crippen molar-refractivity contribution in [3.63, 3.8) is 0 Å². The highest BCUT2D eigenvalue weighted by Gasteiger charge is 2.14. The minimum Gasteiger partial charge on any atom is -0.393 e. The van der Waals surface area contributed by atoms with Gasteiger partial charge in [0.15, 0.2) is 0 Å². The van der Waals surface area contributed by atoms with E-state index in [1.807, 2.05) is 7.05 Å². The molecule has 0 radical (unpaired) electrons. The van der Waals surface area contributed by atoms with E-state index < -0.39 is 0 Å². The second-order valence-electron chi connectivity index (χ2n) is 3.52. The second kappa shape index (κ2) is 6.29. The molecule has 0 saturated carbocycles. The molecule has 0 aromatic carbocycles. The first kappa shape index (κ1) is 12.8. The zero-order valence-electron chi connectivity index (χ0n) is 8.66. The average molecular weight is 204 g/mol. The Morgan fingerprint density at radius 3 is 2.46 bits per heavy atom. The Bertz CT molecular complexity index is 162. The van der Waals surface area contributed by atoms with Crippen LogP contribution in [0.4, 0.5) is 0 Å². The van der Waals surface area contributed by atoms with E-state index in [0.717, 1.165) is 12.8 Å². The van der Waals surface area contributed by atoms with E-state index in [-0.39, 0.29) is 6.10 Å². The summed E-state index contributed by atoms with van der Waals surface area (Å²) < 4.78 is 0. The predicted octanol–water partition coefficient (Wildman–Crippen LogP) is 0.754. The fraction of sp³-hybridized carbons (Fsp3) is 0.889. The van der Waals surface area contributed by atoms with Gasteiger partial charge < -0.3 is 15.7 Å². The number of thiocarbonyl (C=S) groups is 1. The average Bonchev–Trinajstić information content (AvgIpc) is 1.98. The molecule has 78 valence electrons. The molecule has 0 rings (SSSR count). The lowest BCUT2D eigenvalue weighted by Crippen LogP contribution is -2.38. The third-order valence-electron chi connectivity index (χ3n) is 2.08. The molecule has 0 amide bonds. The van der Waals surface area contributed by atoms with Gasteiger partial charge in [0.2, 0.25) is 0 Å². The Balaban J connectivity index is 3.98. The maximum Gasteiger partial charge on any atom is 0.0743 e. The maximum atomic E-state index is 9.20. The first-order chi connectivity index (χ1) is 5.97. The van der Waals surface area contributed by atoms with E-state index in [1.165, 1.54) is 0 Å². The van der Waals surface area contributed by atoms with Crippen molar-refractivity contribution < 1.29 is 5.11 Å². The first-order valence-electron chi connectivity index (χ1n) is 4.64. The summed E-state index contributed by atoms with van der Waals surface area (Å²) in [4.78, 5) is 2.65. The number of rotatable bonds is 6.